The zero-order valence-corrected chi connectivity index (χ0v) is 8.13. The standard InChI is InChI=1S/C8H6BrN3O/c9-6-1-2-7(10-4-13)8-5(6)3-11-12-8/h1-4H,(H,10,13)(H,11,12). The predicted octanol–water partition coefficient (Wildman–Crippen LogP) is 1.89. The largest absolute Gasteiger partial charge is 0.327 e. The third-order valence-electron chi connectivity index (χ3n) is 1.78. The second kappa shape index (κ2) is 3.18. The molecule has 0 aliphatic heterocycles. The SMILES string of the molecule is O=CNc1ccc(Br)c2cn[nH]c12. The molecule has 0 spiro atoms. The molecule has 1 aromatic heterocycles. The van der Waals surface area contributed by atoms with E-state index >= 15 is 0 Å². The number of halogens is 1. The monoisotopic (exact) mass is 239 g/mol. The summed E-state index contributed by atoms with van der Waals surface area (Å²) in [5.74, 6) is 0. The van der Waals surface area contributed by atoms with Crippen molar-refractivity contribution in [3.63, 3.8) is 0 Å². The average Bonchev–Trinajstić information content (AvgIpc) is 2.59. The van der Waals surface area contributed by atoms with E-state index in [4.69, 9.17) is 0 Å². The van der Waals surface area contributed by atoms with Crippen molar-refractivity contribution in [3.05, 3.63) is 22.8 Å². The van der Waals surface area contributed by atoms with E-state index in [9.17, 15) is 4.79 Å². The van der Waals surface area contributed by atoms with Crippen molar-refractivity contribution in [2.24, 2.45) is 0 Å². The highest BCUT2D eigenvalue weighted by molar-refractivity contribution is 9.10. The molecular formula is C8H6BrN3O. The normalized spacial score (nSPS) is 10.2. The van der Waals surface area contributed by atoms with E-state index in [0.717, 1.165) is 21.1 Å². The first kappa shape index (κ1) is 8.25. The van der Waals surface area contributed by atoms with Crippen LogP contribution < -0.4 is 5.32 Å². The molecule has 1 aromatic carbocycles. The van der Waals surface area contributed by atoms with Gasteiger partial charge in [-0.25, -0.2) is 0 Å². The summed E-state index contributed by atoms with van der Waals surface area (Å²) in [7, 11) is 0. The van der Waals surface area contributed by atoms with Crippen LogP contribution in [-0.2, 0) is 4.79 Å². The number of anilines is 1. The minimum atomic E-state index is 0.642. The maximum atomic E-state index is 10.3. The Balaban J connectivity index is 2.70. The number of carbonyl (C=O) groups is 1. The second-order valence-corrected chi connectivity index (χ2v) is 3.37. The number of fused-ring (bicyclic) bond motifs is 1. The zero-order chi connectivity index (χ0) is 9.26. The van der Waals surface area contributed by atoms with Crippen LogP contribution in [0, 0.1) is 0 Å². The summed E-state index contributed by atoms with van der Waals surface area (Å²) in [6.45, 7) is 0. The van der Waals surface area contributed by atoms with Crippen molar-refractivity contribution in [1.29, 1.82) is 0 Å². The molecule has 13 heavy (non-hydrogen) atoms. The molecule has 1 heterocycles. The van der Waals surface area contributed by atoms with E-state index in [1.807, 2.05) is 6.07 Å². The van der Waals surface area contributed by atoms with Crippen LogP contribution in [0.2, 0.25) is 0 Å². The summed E-state index contributed by atoms with van der Waals surface area (Å²) in [5.41, 5.74) is 1.55. The third kappa shape index (κ3) is 1.31. The van der Waals surface area contributed by atoms with Crippen LogP contribution in [0.25, 0.3) is 10.9 Å². The van der Waals surface area contributed by atoms with Gasteiger partial charge in [0.15, 0.2) is 0 Å². The van der Waals surface area contributed by atoms with Gasteiger partial charge < -0.3 is 5.32 Å². The lowest BCUT2D eigenvalue weighted by Crippen LogP contribution is -1.94. The molecule has 0 unspecified atom stereocenters. The third-order valence-corrected chi connectivity index (χ3v) is 2.47. The van der Waals surface area contributed by atoms with Crippen molar-refractivity contribution >= 4 is 38.9 Å². The van der Waals surface area contributed by atoms with Crippen LogP contribution in [-0.4, -0.2) is 16.6 Å². The van der Waals surface area contributed by atoms with Crippen molar-refractivity contribution in [2.45, 2.75) is 0 Å². The van der Waals surface area contributed by atoms with E-state index in [1.54, 1.807) is 12.3 Å². The van der Waals surface area contributed by atoms with Gasteiger partial charge in [0.05, 0.1) is 17.4 Å². The summed E-state index contributed by atoms with van der Waals surface area (Å²) in [4.78, 5) is 10.3. The average molecular weight is 240 g/mol. The number of aromatic nitrogens is 2. The summed E-state index contributed by atoms with van der Waals surface area (Å²) in [6, 6.07) is 3.67. The minimum Gasteiger partial charge on any atom is -0.327 e. The number of carbonyl (C=O) groups excluding carboxylic acids is 1. The highest BCUT2D eigenvalue weighted by Crippen LogP contribution is 2.27. The Morgan fingerprint density at radius 3 is 3.15 bits per heavy atom. The molecule has 0 aliphatic carbocycles. The molecule has 2 aromatic rings. The molecule has 0 atom stereocenters. The van der Waals surface area contributed by atoms with E-state index in [-0.39, 0.29) is 0 Å². The van der Waals surface area contributed by atoms with E-state index < -0.39 is 0 Å². The smallest absolute Gasteiger partial charge is 0.211 e. The maximum Gasteiger partial charge on any atom is 0.211 e. The first-order chi connectivity index (χ1) is 6.33. The zero-order valence-electron chi connectivity index (χ0n) is 6.54. The van der Waals surface area contributed by atoms with Crippen molar-refractivity contribution < 1.29 is 4.79 Å². The van der Waals surface area contributed by atoms with Crippen LogP contribution in [0.3, 0.4) is 0 Å². The van der Waals surface area contributed by atoms with Gasteiger partial charge >= 0.3 is 0 Å². The Morgan fingerprint density at radius 1 is 1.54 bits per heavy atom. The number of nitrogens with zero attached hydrogens (tertiary/aromatic N) is 1. The number of benzene rings is 1. The number of hydrogen-bond acceptors (Lipinski definition) is 2. The van der Waals surface area contributed by atoms with Gasteiger partial charge in [-0.3, -0.25) is 9.89 Å². The maximum absolute atomic E-state index is 10.3. The highest BCUT2D eigenvalue weighted by Gasteiger charge is 2.04. The Labute approximate surface area is 82.5 Å². The molecule has 0 bridgehead atoms. The molecular weight excluding hydrogens is 234 g/mol. The molecule has 0 saturated heterocycles. The van der Waals surface area contributed by atoms with Crippen molar-refractivity contribution in [2.75, 3.05) is 5.32 Å². The van der Waals surface area contributed by atoms with Crippen LogP contribution in [0.15, 0.2) is 22.8 Å². The summed E-state index contributed by atoms with van der Waals surface area (Å²) in [6.07, 6.45) is 2.35. The lowest BCUT2D eigenvalue weighted by atomic mass is 10.2. The number of aromatic amines is 1. The lowest BCUT2D eigenvalue weighted by molar-refractivity contribution is -0.105. The van der Waals surface area contributed by atoms with Crippen molar-refractivity contribution in [3.8, 4) is 0 Å². The van der Waals surface area contributed by atoms with E-state index in [1.165, 1.54) is 0 Å². The first-order valence-electron chi connectivity index (χ1n) is 3.64. The van der Waals surface area contributed by atoms with Crippen LogP contribution in [0.5, 0.6) is 0 Å². The van der Waals surface area contributed by atoms with Gasteiger partial charge in [0.1, 0.15) is 0 Å². The molecule has 4 nitrogen and oxygen atoms in total. The first-order valence-corrected chi connectivity index (χ1v) is 4.44. The summed E-state index contributed by atoms with van der Waals surface area (Å²) < 4.78 is 0.952. The van der Waals surface area contributed by atoms with Gasteiger partial charge in [0, 0.05) is 9.86 Å². The predicted molar refractivity (Wildman–Crippen MR) is 53.5 cm³/mol. The van der Waals surface area contributed by atoms with E-state index in [0.29, 0.717) is 6.41 Å². The van der Waals surface area contributed by atoms with Gasteiger partial charge in [0.2, 0.25) is 6.41 Å². The molecule has 2 N–H and O–H groups in total. The number of hydrogen-bond donors (Lipinski definition) is 2. The number of rotatable bonds is 2. The van der Waals surface area contributed by atoms with Gasteiger partial charge in [-0.05, 0) is 12.1 Å². The quantitative estimate of drug-likeness (QED) is 0.787. The van der Waals surface area contributed by atoms with Gasteiger partial charge in [0.25, 0.3) is 0 Å². The van der Waals surface area contributed by atoms with Crippen molar-refractivity contribution in [1.82, 2.24) is 10.2 Å². The molecule has 0 aliphatic rings. The Bertz CT molecular complexity index is 452. The fourth-order valence-corrected chi connectivity index (χ4v) is 1.62. The van der Waals surface area contributed by atoms with Crippen LogP contribution >= 0.6 is 15.9 Å². The number of amides is 1. The second-order valence-electron chi connectivity index (χ2n) is 2.52. The molecule has 5 heteroatoms. The Kier molecular flexibility index (Phi) is 2.02. The van der Waals surface area contributed by atoms with Gasteiger partial charge in [-0.1, -0.05) is 15.9 Å². The molecule has 2 rings (SSSR count). The Hall–Kier alpha value is -1.36. The number of nitrogens with one attached hydrogen (secondary N) is 2. The van der Waals surface area contributed by atoms with Crippen LogP contribution in [0.1, 0.15) is 0 Å². The number of H-pyrrole nitrogens is 1. The van der Waals surface area contributed by atoms with Crippen LogP contribution in [0.4, 0.5) is 5.69 Å². The lowest BCUT2D eigenvalue weighted by Gasteiger charge is -2.00. The molecule has 0 radical (unpaired) electrons. The topological polar surface area (TPSA) is 57.8 Å². The molecule has 0 saturated carbocycles. The van der Waals surface area contributed by atoms with Gasteiger partial charge in [-0.2, -0.15) is 5.10 Å². The molecule has 66 valence electrons. The van der Waals surface area contributed by atoms with Gasteiger partial charge in [-0.15, -0.1) is 0 Å². The van der Waals surface area contributed by atoms with E-state index in [2.05, 4.69) is 31.4 Å². The molecule has 1 amide bonds. The highest BCUT2D eigenvalue weighted by atomic mass is 79.9. The molecule has 0 fully saturated rings. The summed E-state index contributed by atoms with van der Waals surface area (Å²) in [5, 5.41) is 10.2. The fraction of sp³-hybridized carbons (Fsp3) is 0. The Morgan fingerprint density at radius 2 is 2.38 bits per heavy atom. The summed E-state index contributed by atoms with van der Waals surface area (Å²) >= 11 is 3.39. The minimum absolute atomic E-state index is 0.642. The fourth-order valence-electron chi connectivity index (χ4n) is 1.19.